The fourth-order valence-electron chi connectivity index (χ4n) is 5.00. The van der Waals surface area contributed by atoms with Gasteiger partial charge in [-0.15, -0.1) is 0 Å². The Labute approximate surface area is 241 Å². The predicted octanol–water partition coefficient (Wildman–Crippen LogP) is 12.0. The number of nitrogens with one attached hydrogen (secondary N) is 1. The van der Waals surface area contributed by atoms with Crippen LogP contribution in [0.3, 0.4) is 0 Å². The van der Waals surface area contributed by atoms with Crippen LogP contribution in [0.5, 0.6) is 0 Å². The summed E-state index contributed by atoms with van der Waals surface area (Å²) in [5.74, 6) is -0.653. The predicted molar refractivity (Wildman–Crippen MR) is 171 cm³/mol. The van der Waals surface area contributed by atoms with Gasteiger partial charge in [-0.3, -0.25) is 4.79 Å². The van der Waals surface area contributed by atoms with Gasteiger partial charge in [-0.1, -0.05) is 188 Å². The number of hydrogen-bond acceptors (Lipinski definition) is 2. The Bertz CT molecular complexity index is 424. The number of carboxylic acid groups (broad SMARTS) is 1. The van der Waals surface area contributed by atoms with Gasteiger partial charge in [0.1, 0.15) is 0 Å². The standard InChI is InChI=1S/C18H36O2.C17H37N/c1-2-3-4-5-6-7-8-9-10-11-12-13-14-15-16-17-18(19)20;1-4-5-6-7-8-9-10-11-12-13-14-15-16-18-17(2)3/h2-17H2,1H3,(H,19,20);17-18H,4-16H2,1-3H3. The van der Waals surface area contributed by atoms with Crippen LogP contribution in [0.25, 0.3) is 0 Å². The topological polar surface area (TPSA) is 49.3 Å². The van der Waals surface area contributed by atoms with Gasteiger partial charge in [0.15, 0.2) is 0 Å². The highest BCUT2D eigenvalue weighted by Gasteiger charge is 1.97. The fraction of sp³-hybridized carbons (Fsp3) is 0.971. The molecule has 0 radical (unpaired) electrons. The zero-order valence-electron chi connectivity index (χ0n) is 26.9. The van der Waals surface area contributed by atoms with Crippen LogP contribution in [0.4, 0.5) is 0 Å². The molecule has 0 unspecified atom stereocenters. The van der Waals surface area contributed by atoms with Gasteiger partial charge in [-0.2, -0.15) is 0 Å². The van der Waals surface area contributed by atoms with E-state index in [1.807, 2.05) is 0 Å². The maximum Gasteiger partial charge on any atom is 0.303 e. The first kappa shape index (κ1) is 39.6. The van der Waals surface area contributed by atoms with E-state index in [9.17, 15) is 4.79 Å². The molecular weight excluding hydrogens is 466 g/mol. The van der Waals surface area contributed by atoms with E-state index in [0.717, 1.165) is 12.8 Å². The maximum absolute atomic E-state index is 10.3. The van der Waals surface area contributed by atoms with Crippen LogP contribution in [-0.2, 0) is 4.79 Å². The Morgan fingerprint density at radius 1 is 0.474 bits per heavy atom. The van der Waals surface area contributed by atoms with Crippen molar-refractivity contribution in [3.8, 4) is 0 Å². The van der Waals surface area contributed by atoms with Gasteiger partial charge in [0.25, 0.3) is 0 Å². The van der Waals surface area contributed by atoms with E-state index in [4.69, 9.17) is 5.11 Å². The first-order valence-electron chi connectivity index (χ1n) is 17.5. The largest absolute Gasteiger partial charge is 0.481 e. The van der Waals surface area contributed by atoms with E-state index in [0.29, 0.717) is 12.5 Å². The van der Waals surface area contributed by atoms with E-state index in [-0.39, 0.29) is 0 Å². The number of carboxylic acids is 1. The number of aliphatic carboxylic acids is 1. The molecule has 0 aromatic rings. The lowest BCUT2D eigenvalue weighted by molar-refractivity contribution is -0.137. The third kappa shape index (κ3) is 42.5. The monoisotopic (exact) mass is 540 g/mol. The minimum absolute atomic E-state index is 0.345. The summed E-state index contributed by atoms with van der Waals surface area (Å²) in [6, 6.07) is 0.651. The molecule has 0 bridgehead atoms. The molecule has 230 valence electrons. The van der Waals surface area contributed by atoms with Crippen molar-refractivity contribution in [2.45, 2.75) is 214 Å². The van der Waals surface area contributed by atoms with Crippen molar-refractivity contribution in [1.82, 2.24) is 5.32 Å². The maximum atomic E-state index is 10.3. The van der Waals surface area contributed by atoms with E-state index in [1.165, 1.54) is 167 Å². The molecule has 0 aliphatic rings. The zero-order valence-corrected chi connectivity index (χ0v) is 26.9. The van der Waals surface area contributed by atoms with Crippen LogP contribution in [0.15, 0.2) is 0 Å². The minimum Gasteiger partial charge on any atom is -0.481 e. The van der Waals surface area contributed by atoms with Gasteiger partial charge in [-0.25, -0.2) is 0 Å². The highest BCUT2D eigenvalue weighted by atomic mass is 16.4. The number of rotatable bonds is 30. The second kappa shape index (κ2) is 36.4. The molecule has 0 spiro atoms. The molecule has 0 rings (SSSR count). The molecule has 0 aliphatic heterocycles. The molecule has 0 saturated carbocycles. The molecule has 0 aromatic heterocycles. The molecule has 0 aromatic carbocycles. The van der Waals surface area contributed by atoms with E-state index in [1.54, 1.807) is 0 Å². The molecule has 0 amide bonds. The summed E-state index contributed by atoms with van der Waals surface area (Å²) >= 11 is 0. The smallest absolute Gasteiger partial charge is 0.303 e. The summed E-state index contributed by atoms with van der Waals surface area (Å²) in [5, 5.41) is 12.0. The molecule has 2 N–H and O–H groups in total. The molecule has 0 saturated heterocycles. The van der Waals surface area contributed by atoms with Crippen LogP contribution >= 0.6 is 0 Å². The van der Waals surface area contributed by atoms with Crippen LogP contribution in [0.2, 0.25) is 0 Å². The van der Waals surface area contributed by atoms with Crippen molar-refractivity contribution < 1.29 is 9.90 Å². The molecule has 0 atom stereocenters. The normalized spacial score (nSPS) is 11.1. The summed E-state index contributed by atoms with van der Waals surface area (Å²) in [7, 11) is 0. The molecule has 3 nitrogen and oxygen atoms in total. The molecule has 0 fully saturated rings. The molecule has 0 aliphatic carbocycles. The lowest BCUT2D eigenvalue weighted by Crippen LogP contribution is -2.23. The van der Waals surface area contributed by atoms with Crippen molar-refractivity contribution in [2.24, 2.45) is 0 Å². The van der Waals surface area contributed by atoms with E-state index >= 15 is 0 Å². The van der Waals surface area contributed by atoms with Crippen molar-refractivity contribution in [2.75, 3.05) is 6.54 Å². The second-order valence-corrected chi connectivity index (χ2v) is 12.1. The van der Waals surface area contributed by atoms with Crippen molar-refractivity contribution >= 4 is 5.97 Å². The average molecular weight is 540 g/mol. The van der Waals surface area contributed by atoms with Gasteiger partial charge < -0.3 is 10.4 Å². The van der Waals surface area contributed by atoms with E-state index in [2.05, 4.69) is 33.0 Å². The Morgan fingerprint density at radius 3 is 1.00 bits per heavy atom. The Hall–Kier alpha value is -0.570. The Balaban J connectivity index is 0. The van der Waals surface area contributed by atoms with Gasteiger partial charge in [0.2, 0.25) is 0 Å². The highest BCUT2D eigenvalue weighted by Crippen LogP contribution is 2.14. The first-order chi connectivity index (χ1) is 18.5. The minimum atomic E-state index is -0.653. The number of unbranched alkanes of at least 4 members (excludes halogenated alkanes) is 25. The third-order valence-corrected chi connectivity index (χ3v) is 7.58. The van der Waals surface area contributed by atoms with Gasteiger partial charge in [0, 0.05) is 12.5 Å². The lowest BCUT2D eigenvalue weighted by Gasteiger charge is -2.07. The SMILES string of the molecule is CCCCCCCCCCCCCCCCCC(=O)O.CCCCCCCCCCCCCCNC(C)C. The summed E-state index contributed by atoms with van der Waals surface area (Å²) in [6.07, 6.45) is 37.5. The van der Waals surface area contributed by atoms with Crippen molar-refractivity contribution in [3.05, 3.63) is 0 Å². The van der Waals surface area contributed by atoms with Crippen LogP contribution in [0.1, 0.15) is 207 Å². The molecular formula is C35H73NO2. The van der Waals surface area contributed by atoms with Gasteiger partial charge in [-0.05, 0) is 19.4 Å². The van der Waals surface area contributed by atoms with Gasteiger partial charge >= 0.3 is 5.97 Å². The lowest BCUT2D eigenvalue weighted by atomic mass is 10.0. The molecule has 3 heteroatoms. The second-order valence-electron chi connectivity index (χ2n) is 12.1. The van der Waals surface area contributed by atoms with Crippen LogP contribution in [-0.4, -0.2) is 23.7 Å². The Morgan fingerprint density at radius 2 is 0.737 bits per heavy atom. The summed E-state index contributed by atoms with van der Waals surface area (Å²) < 4.78 is 0. The van der Waals surface area contributed by atoms with Crippen molar-refractivity contribution in [3.63, 3.8) is 0 Å². The van der Waals surface area contributed by atoms with Crippen LogP contribution < -0.4 is 5.32 Å². The highest BCUT2D eigenvalue weighted by molar-refractivity contribution is 5.66. The van der Waals surface area contributed by atoms with Crippen molar-refractivity contribution in [1.29, 1.82) is 0 Å². The zero-order chi connectivity index (χ0) is 28.4. The Kier molecular flexibility index (Phi) is 37.9. The average Bonchev–Trinajstić information content (AvgIpc) is 2.89. The number of carbonyl (C=O) groups is 1. The number of hydrogen-bond donors (Lipinski definition) is 2. The van der Waals surface area contributed by atoms with Crippen LogP contribution in [0, 0.1) is 0 Å². The van der Waals surface area contributed by atoms with Gasteiger partial charge in [0.05, 0.1) is 0 Å². The summed E-state index contributed by atoms with van der Waals surface area (Å²) in [6.45, 7) is 10.2. The quantitative estimate of drug-likeness (QED) is 0.0892. The summed E-state index contributed by atoms with van der Waals surface area (Å²) in [4.78, 5) is 10.3. The molecule has 38 heavy (non-hydrogen) atoms. The first-order valence-corrected chi connectivity index (χ1v) is 17.5. The fourth-order valence-corrected chi connectivity index (χ4v) is 5.00. The summed E-state index contributed by atoms with van der Waals surface area (Å²) in [5.41, 5.74) is 0. The third-order valence-electron chi connectivity index (χ3n) is 7.58. The molecule has 0 heterocycles. The van der Waals surface area contributed by atoms with E-state index < -0.39 is 5.97 Å².